The highest BCUT2D eigenvalue weighted by molar-refractivity contribution is 5.36. The molecule has 0 bridgehead atoms. The number of aromatic nitrogens is 2. The molecule has 0 fully saturated rings. The second-order valence-corrected chi connectivity index (χ2v) is 3.43. The fourth-order valence-electron chi connectivity index (χ4n) is 1.20. The molecule has 0 aromatic carbocycles. The zero-order chi connectivity index (χ0) is 12.0. The molecule has 0 atom stereocenters. The fraction of sp³-hybridized carbons (Fsp3) is 0.600. The molecule has 1 heterocycles. The van der Waals surface area contributed by atoms with E-state index in [1.807, 2.05) is 6.92 Å². The Morgan fingerprint density at radius 3 is 2.62 bits per heavy atom. The van der Waals surface area contributed by atoms with Crippen LogP contribution in [0.15, 0.2) is 12.1 Å². The predicted molar refractivity (Wildman–Crippen MR) is 58.7 cm³/mol. The van der Waals surface area contributed by atoms with Gasteiger partial charge >= 0.3 is 0 Å². The number of hydrogen-bond donors (Lipinski definition) is 1. The van der Waals surface area contributed by atoms with Crippen molar-refractivity contribution >= 4 is 5.82 Å². The molecule has 0 radical (unpaired) electrons. The number of nitrogens with one attached hydrogen (secondary N) is 1. The van der Waals surface area contributed by atoms with Crippen molar-refractivity contribution < 1.29 is 8.78 Å². The highest BCUT2D eigenvalue weighted by Gasteiger charge is 2.09. The van der Waals surface area contributed by atoms with Crippen LogP contribution >= 0.6 is 0 Å². The molecule has 0 spiro atoms. The molecule has 0 saturated carbocycles. The summed E-state index contributed by atoms with van der Waals surface area (Å²) in [6.07, 6.45) is -2.37. The third kappa shape index (κ3) is 4.06. The minimum absolute atomic E-state index is 0.332. The van der Waals surface area contributed by atoms with E-state index in [4.69, 9.17) is 0 Å². The first-order chi connectivity index (χ1) is 7.63. The van der Waals surface area contributed by atoms with Gasteiger partial charge in [-0.2, -0.15) is 5.10 Å². The smallest absolute Gasteiger partial charge is 0.255 e. The van der Waals surface area contributed by atoms with Crippen molar-refractivity contribution in [2.24, 2.45) is 0 Å². The van der Waals surface area contributed by atoms with Gasteiger partial charge in [-0.25, -0.2) is 8.78 Å². The van der Waals surface area contributed by atoms with Crippen LogP contribution < -0.4 is 10.2 Å². The summed E-state index contributed by atoms with van der Waals surface area (Å²) in [4.78, 5) is 1.38. The van der Waals surface area contributed by atoms with E-state index in [0.29, 0.717) is 12.4 Å². The number of alkyl halides is 2. The van der Waals surface area contributed by atoms with E-state index < -0.39 is 6.43 Å². The first kappa shape index (κ1) is 12.8. The van der Waals surface area contributed by atoms with Crippen molar-refractivity contribution in [3.63, 3.8) is 0 Å². The minimum atomic E-state index is -2.37. The van der Waals surface area contributed by atoms with Crippen LogP contribution in [0.5, 0.6) is 0 Å². The molecule has 1 aromatic rings. The Hall–Kier alpha value is -1.30. The SMILES string of the molecule is CCNCc1ccc(N(C)CC(F)F)nn1. The molecule has 0 amide bonds. The Bertz CT molecular complexity index is 302. The summed E-state index contributed by atoms with van der Waals surface area (Å²) in [7, 11) is 1.57. The Morgan fingerprint density at radius 1 is 1.38 bits per heavy atom. The number of halogens is 2. The Labute approximate surface area is 93.7 Å². The van der Waals surface area contributed by atoms with E-state index in [1.165, 1.54) is 4.90 Å². The molecule has 0 aliphatic heterocycles. The fourth-order valence-corrected chi connectivity index (χ4v) is 1.20. The third-order valence-electron chi connectivity index (χ3n) is 2.06. The lowest BCUT2D eigenvalue weighted by atomic mass is 10.3. The van der Waals surface area contributed by atoms with Gasteiger partial charge in [-0.3, -0.25) is 0 Å². The first-order valence-electron chi connectivity index (χ1n) is 5.16. The highest BCUT2D eigenvalue weighted by Crippen LogP contribution is 2.09. The van der Waals surface area contributed by atoms with E-state index in [-0.39, 0.29) is 6.54 Å². The molecule has 90 valence electrons. The quantitative estimate of drug-likeness (QED) is 0.799. The maximum atomic E-state index is 12.1. The molecule has 6 heteroatoms. The summed E-state index contributed by atoms with van der Waals surface area (Å²) in [6, 6.07) is 3.48. The summed E-state index contributed by atoms with van der Waals surface area (Å²) in [5, 5.41) is 10.9. The molecule has 0 aliphatic rings. The van der Waals surface area contributed by atoms with Gasteiger partial charge in [0.15, 0.2) is 5.82 Å². The van der Waals surface area contributed by atoms with E-state index >= 15 is 0 Å². The summed E-state index contributed by atoms with van der Waals surface area (Å²) in [5.41, 5.74) is 0.802. The van der Waals surface area contributed by atoms with Crippen molar-refractivity contribution in [2.45, 2.75) is 19.9 Å². The Balaban J connectivity index is 2.56. The average molecular weight is 230 g/mol. The minimum Gasteiger partial charge on any atom is -0.352 e. The molecule has 1 rings (SSSR count). The zero-order valence-electron chi connectivity index (χ0n) is 9.45. The maximum Gasteiger partial charge on any atom is 0.255 e. The van der Waals surface area contributed by atoms with Crippen molar-refractivity contribution in [3.8, 4) is 0 Å². The van der Waals surface area contributed by atoms with Crippen LogP contribution in [0.25, 0.3) is 0 Å². The van der Waals surface area contributed by atoms with Crippen molar-refractivity contribution in [2.75, 3.05) is 25.0 Å². The van der Waals surface area contributed by atoms with E-state index in [0.717, 1.165) is 12.2 Å². The number of anilines is 1. The van der Waals surface area contributed by atoms with Crippen molar-refractivity contribution in [3.05, 3.63) is 17.8 Å². The average Bonchev–Trinajstić information content (AvgIpc) is 2.26. The standard InChI is InChI=1S/C10H16F2N4/c1-3-13-6-8-4-5-10(15-14-8)16(2)7-9(11)12/h4-5,9,13H,3,6-7H2,1-2H3. The van der Waals surface area contributed by atoms with Gasteiger partial charge in [0.25, 0.3) is 6.43 Å². The normalized spacial score (nSPS) is 10.8. The number of rotatable bonds is 6. The lowest BCUT2D eigenvalue weighted by molar-refractivity contribution is 0.156. The van der Waals surface area contributed by atoms with Crippen LogP contribution in [0, 0.1) is 0 Å². The third-order valence-corrected chi connectivity index (χ3v) is 2.06. The van der Waals surface area contributed by atoms with Gasteiger partial charge in [-0.05, 0) is 18.7 Å². The maximum absolute atomic E-state index is 12.1. The molecule has 1 N–H and O–H groups in total. The van der Waals surface area contributed by atoms with Gasteiger partial charge in [-0.15, -0.1) is 5.10 Å². The summed E-state index contributed by atoms with van der Waals surface area (Å²) in [6.45, 7) is 3.16. The van der Waals surface area contributed by atoms with Crippen LogP contribution in [0.4, 0.5) is 14.6 Å². The van der Waals surface area contributed by atoms with Crippen LogP contribution in [0.3, 0.4) is 0 Å². The van der Waals surface area contributed by atoms with Gasteiger partial charge in [-0.1, -0.05) is 6.92 Å². The molecule has 4 nitrogen and oxygen atoms in total. The van der Waals surface area contributed by atoms with E-state index in [9.17, 15) is 8.78 Å². The number of nitrogens with zero attached hydrogens (tertiary/aromatic N) is 3. The van der Waals surface area contributed by atoms with Gasteiger partial charge < -0.3 is 10.2 Å². The molecular weight excluding hydrogens is 214 g/mol. The molecule has 0 saturated heterocycles. The molecule has 16 heavy (non-hydrogen) atoms. The van der Waals surface area contributed by atoms with Crippen molar-refractivity contribution in [1.82, 2.24) is 15.5 Å². The van der Waals surface area contributed by atoms with Crippen LogP contribution in [0.1, 0.15) is 12.6 Å². The Morgan fingerprint density at radius 2 is 2.12 bits per heavy atom. The monoisotopic (exact) mass is 230 g/mol. The topological polar surface area (TPSA) is 41.0 Å². The molecule has 0 unspecified atom stereocenters. The lowest BCUT2D eigenvalue weighted by Gasteiger charge is -2.16. The number of hydrogen-bond acceptors (Lipinski definition) is 4. The van der Waals surface area contributed by atoms with Gasteiger partial charge in [0.1, 0.15) is 0 Å². The first-order valence-corrected chi connectivity index (χ1v) is 5.16. The van der Waals surface area contributed by atoms with Gasteiger partial charge in [0, 0.05) is 13.6 Å². The highest BCUT2D eigenvalue weighted by atomic mass is 19.3. The molecule has 0 aliphatic carbocycles. The van der Waals surface area contributed by atoms with Crippen LogP contribution in [-0.2, 0) is 6.54 Å². The summed E-state index contributed by atoms with van der Waals surface area (Å²) in [5.74, 6) is 0.459. The van der Waals surface area contributed by atoms with E-state index in [1.54, 1.807) is 19.2 Å². The lowest BCUT2D eigenvalue weighted by Crippen LogP contribution is -2.25. The van der Waals surface area contributed by atoms with E-state index in [2.05, 4.69) is 15.5 Å². The summed E-state index contributed by atoms with van der Waals surface area (Å²) < 4.78 is 24.2. The Kier molecular flexibility index (Phi) is 5.04. The summed E-state index contributed by atoms with van der Waals surface area (Å²) >= 11 is 0. The second kappa shape index (κ2) is 6.32. The van der Waals surface area contributed by atoms with Gasteiger partial charge in [0.2, 0.25) is 0 Å². The van der Waals surface area contributed by atoms with Crippen LogP contribution in [0.2, 0.25) is 0 Å². The molecule has 1 aromatic heterocycles. The molecular formula is C10H16F2N4. The largest absolute Gasteiger partial charge is 0.352 e. The van der Waals surface area contributed by atoms with Crippen LogP contribution in [-0.4, -0.2) is 36.8 Å². The van der Waals surface area contributed by atoms with Gasteiger partial charge in [0.05, 0.1) is 12.2 Å². The predicted octanol–water partition coefficient (Wildman–Crippen LogP) is 1.29. The zero-order valence-corrected chi connectivity index (χ0v) is 9.45. The second-order valence-electron chi connectivity index (χ2n) is 3.43. The van der Waals surface area contributed by atoms with Crippen molar-refractivity contribution in [1.29, 1.82) is 0 Å².